The Morgan fingerprint density at radius 1 is 1.07 bits per heavy atom. The summed E-state index contributed by atoms with van der Waals surface area (Å²) in [5, 5.41) is 0. The van der Waals surface area contributed by atoms with Crippen molar-refractivity contribution >= 4 is 12.0 Å². The Labute approximate surface area is 165 Å². The summed E-state index contributed by atoms with van der Waals surface area (Å²) in [5.41, 5.74) is -0.476. The number of nitrogens with zero attached hydrogens (tertiary/aromatic N) is 3. The molecular weight excluding hydrogens is 342 g/mol. The summed E-state index contributed by atoms with van der Waals surface area (Å²) in [6.07, 6.45) is 2.70. The number of carbonyl (C=O) groups excluding carboxylic acids is 2. The van der Waals surface area contributed by atoms with E-state index in [4.69, 9.17) is 4.74 Å². The minimum absolute atomic E-state index is 0.0877. The molecule has 6 heteroatoms. The number of hydrogen-bond acceptors (Lipinski definition) is 4. The van der Waals surface area contributed by atoms with E-state index in [9.17, 15) is 9.59 Å². The third-order valence-electron chi connectivity index (χ3n) is 5.81. The van der Waals surface area contributed by atoms with Crippen molar-refractivity contribution in [2.45, 2.75) is 78.5 Å². The highest BCUT2D eigenvalue weighted by atomic mass is 16.6. The molecule has 27 heavy (non-hydrogen) atoms. The lowest BCUT2D eigenvalue weighted by Gasteiger charge is -2.42. The van der Waals surface area contributed by atoms with E-state index < -0.39 is 5.60 Å². The van der Waals surface area contributed by atoms with Crippen molar-refractivity contribution in [1.29, 1.82) is 0 Å². The second kappa shape index (κ2) is 8.80. The van der Waals surface area contributed by atoms with Gasteiger partial charge in [0.05, 0.1) is 6.04 Å². The zero-order valence-electron chi connectivity index (χ0n) is 18.3. The molecule has 0 aromatic carbocycles. The number of rotatable bonds is 3. The van der Waals surface area contributed by atoms with Gasteiger partial charge in [0.2, 0.25) is 5.91 Å². The van der Waals surface area contributed by atoms with E-state index in [0.717, 1.165) is 39.0 Å². The van der Waals surface area contributed by atoms with E-state index in [0.29, 0.717) is 11.8 Å². The van der Waals surface area contributed by atoms with Crippen LogP contribution < -0.4 is 0 Å². The van der Waals surface area contributed by atoms with E-state index in [2.05, 4.69) is 23.6 Å². The number of ether oxygens (including phenoxy) is 1. The molecule has 2 amide bonds. The third-order valence-corrected chi connectivity index (χ3v) is 5.81. The highest BCUT2D eigenvalue weighted by molar-refractivity contribution is 5.81. The lowest BCUT2D eigenvalue weighted by atomic mass is 9.91. The molecule has 0 spiro atoms. The molecule has 0 aromatic rings. The molecule has 2 heterocycles. The fraction of sp³-hybridized carbons (Fsp3) is 0.905. The van der Waals surface area contributed by atoms with Crippen molar-refractivity contribution in [3.8, 4) is 0 Å². The van der Waals surface area contributed by atoms with Crippen molar-refractivity contribution in [2.75, 3.05) is 33.2 Å². The van der Waals surface area contributed by atoms with E-state index in [-0.39, 0.29) is 24.1 Å². The van der Waals surface area contributed by atoms with Gasteiger partial charge in [0, 0.05) is 39.3 Å². The fourth-order valence-corrected chi connectivity index (χ4v) is 4.41. The van der Waals surface area contributed by atoms with Crippen molar-refractivity contribution < 1.29 is 14.3 Å². The Bertz CT molecular complexity index is 513. The summed E-state index contributed by atoms with van der Waals surface area (Å²) >= 11 is 0. The molecule has 0 N–H and O–H groups in total. The van der Waals surface area contributed by atoms with Gasteiger partial charge in [-0.1, -0.05) is 13.8 Å². The van der Waals surface area contributed by atoms with E-state index in [1.54, 1.807) is 4.90 Å². The van der Waals surface area contributed by atoms with E-state index in [1.807, 2.05) is 34.7 Å². The van der Waals surface area contributed by atoms with Gasteiger partial charge in [-0.3, -0.25) is 9.69 Å². The Morgan fingerprint density at radius 3 is 2.07 bits per heavy atom. The van der Waals surface area contributed by atoms with Crippen LogP contribution in [0.3, 0.4) is 0 Å². The lowest BCUT2D eigenvalue weighted by Crippen LogP contribution is -2.54. The molecule has 2 aliphatic heterocycles. The fourth-order valence-electron chi connectivity index (χ4n) is 4.41. The first-order valence-corrected chi connectivity index (χ1v) is 10.5. The zero-order valence-corrected chi connectivity index (χ0v) is 18.3. The molecule has 0 radical (unpaired) electrons. The Hall–Kier alpha value is -1.30. The predicted molar refractivity (Wildman–Crippen MR) is 108 cm³/mol. The SMILES string of the molecule is CC1CC(C)CN(C(=O)C(C)N2CCC(N(C)C(=O)OC(C)(C)C)CC2)C1. The minimum Gasteiger partial charge on any atom is -0.444 e. The molecule has 3 unspecified atom stereocenters. The molecule has 2 fully saturated rings. The summed E-state index contributed by atoms with van der Waals surface area (Å²) < 4.78 is 5.48. The zero-order chi connectivity index (χ0) is 20.4. The van der Waals surface area contributed by atoms with Gasteiger partial charge < -0.3 is 14.5 Å². The van der Waals surface area contributed by atoms with Crippen LogP contribution in [0.25, 0.3) is 0 Å². The predicted octanol–water partition coefficient (Wildman–Crippen LogP) is 3.21. The third kappa shape index (κ3) is 6.09. The van der Waals surface area contributed by atoms with Gasteiger partial charge in [-0.2, -0.15) is 0 Å². The first-order chi connectivity index (χ1) is 12.5. The number of amides is 2. The second-order valence-electron chi connectivity index (χ2n) is 9.72. The Balaban J connectivity index is 1.85. The second-order valence-corrected chi connectivity index (χ2v) is 9.72. The van der Waals surface area contributed by atoms with Crippen LogP contribution in [0.4, 0.5) is 4.79 Å². The number of carbonyl (C=O) groups is 2. The van der Waals surface area contributed by atoms with Crippen LogP contribution in [-0.4, -0.2) is 77.6 Å². The molecule has 2 rings (SSSR count). The van der Waals surface area contributed by atoms with Gasteiger partial charge >= 0.3 is 6.09 Å². The first kappa shape index (κ1) is 22.0. The monoisotopic (exact) mass is 381 g/mol. The average molecular weight is 382 g/mol. The highest BCUT2D eigenvalue weighted by Crippen LogP contribution is 2.24. The van der Waals surface area contributed by atoms with Gasteiger partial charge in [-0.05, 0) is 58.8 Å². The van der Waals surface area contributed by atoms with Crippen LogP contribution in [-0.2, 0) is 9.53 Å². The van der Waals surface area contributed by atoms with Crippen LogP contribution in [0.2, 0.25) is 0 Å². The van der Waals surface area contributed by atoms with Gasteiger partial charge in [0.25, 0.3) is 0 Å². The topological polar surface area (TPSA) is 53.1 Å². The Kier molecular flexibility index (Phi) is 7.17. The smallest absolute Gasteiger partial charge is 0.410 e. The molecule has 2 aliphatic rings. The highest BCUT2D eigenvalue weighted by Gasteiger charge is 2.34. The van der Waals surface area contributed by atoms with Crippen LogP contribution in [0.5, 0.6) is 0 Å². The quantitative estimate of drug-likeness (QED) is 0.753. The summed E-state index contributed by atoms with van der Waals surface area (Å²) in [5.74, 6) is 1.42. The van der Waals surface area contributed by atoms with Crippen LogP contribution >= 0.6 is 0 Å². The standard InChI is InChI=1S/C21H39N3O3/c1-15-12-16(2)14-24(13-15)19(25)17(3)23-10-8-18(9-11-23)22(7)20(26)27-21(4,5)6/h15-18H,8-14H2,1-7H3. The van der Waals surface area contributed by atoms with Gasteiger partial charge in [-0.15, -0.1) is 0 Å². The molecule has 0 bridgehead atoms. The summed E-state index contributed by atoms with van der Waals surface area (Å²) in [6, 6.07) is 0.0868. The largest absolute Gasteiger partial charge is 0.444 e. The summed E-state index contributed by atoms with van der Waals surface area (Å²) in [4.78, 5) is 31.3. The van der Waals surface area contributed by atoms with Crippen molar-refractivity contribution in [3.05, 3.63) is 0 Å². The van der Waals surface area contributed by atoms with Gasteiger partial charge in [0.1, 0.15) is 5.60 Å². The van der Waals surface area contributed by atoms with Gasteiger partial charge in [-0.25, -0.2) is 4.79 Å². The van der Waals surface area contributed by atoms with Crippen molar-refractivity contribution in [1.82, 2.24) is 14.7 Å². The minimum atomic E-state index is -0.476. The van der Waals surface area contributed by atoms with Crippen LogP contribution in [0.1, 0.15) is 60.8 Å². The maximum atomic E-state index is 13.0. The maximum absolute atomic E-state index is 13.0. The summed E-state index contributed by atoms with van der Waals surface area (Å²) in [7, 11) is 1.82. The number of likely N-dealkylation sites (tertiary alicyclic amines) is 2. The average Bonchev–Trinajstić information content (AvgIpc) is 2.57. The molecule has 0 aliphatic carbocycles. The van der Waals surface area contributed by atoms with Crippen LogP contribution in [0, 0.1) is 11.8 Å². The molecule has 0 aromatic heterocycles. The van der Waals surface area contributed by atoms with Crippen molar-refractivity contribution in [2.24, 2.45) is 11.8 Å². The Morgan fingerprint density at radius 2 is 1.59 bits per heavy atom. The molecule has 3 atom stereocenters. The van der Waals surface area contributed by atoms with Gasteiger partial charge in [0.15, 0.2) is 0 Å². The summed E-state index contributed by atoms with van der Waals surface area (Å²) in [6.45, 7) is 15.6. The van der Waals surface area contributed by atoms with E-state index >= 15 is 0 Å². The first-order valence-electron chi connectivity index (χ1n) is 10.5. The maximum Gasteiger partial charge on any atom is 0.410 e. The molecule has 2 saturated heterocycles. The lowest BCUT2D eigenvalue weighted by molar-refractivity contribution is -0.139. The van der Waals surface area contributed by atoms with Crippen molar-refractivity contribution in [3.63, 3.8) is 0 Å². The molecular formula is C21H39N3O3. The normalized spacial score (nSPS) is 26.6. The van der Waals surface area contributed by atoms with Crippen LogP contribution in [0.15, 0.2) is 0 Å². The molecule has 156 valence electrons. The molecule has 0 saturated carbocycles. The van der Waals surface area contributed by atoms with E-state index in [1.165, 1.54) is 6.42 Å². The molecule has 6 nitrogen and oxygen atoms in total. The number of piperidine rings is 2. The number of hydrogen-bond donors (Lipinski definition) is 0.